The lowest BCUT2D eigenvalue weighted by molar-refractivity contribution is 0.240. The molecule has 2 fully saturated rings. The van der Waals surface area contributed by atoms with Gasteiger partial charge in [-0.1, -0.05) is 20.3 Å². The maximum absolute atomic E-state index is 12.9. The van der Waals surface area contributed by atoms with Crippen molar-refractivity contribution in [1.82, 2.24) is 8.61 Å². The fourth-order valence-electron chi connectivity index (χ4n) is 3.50. The molecule has 2 heterocycles. The maximum atomic E-state index is 12.9. The lowest BCUT2D eigenvalue weighted by atomic mass is 9.82. The Kier molecular flexibility index (Phi) is 5.38. The third kappa shape index (κ3) is 3.01. The highest BCUT2D eigenvalue weighted by molar-refractivity contribution is 7.86. The third-order valence-electron chi connectivity index (χ3n) is 5.28. The first-order valence-electron chi connectivity index (χ1n) is 7.82. The van der Waals surface area contributed by atoms with Gasteiger partial charge in [-0.15, -0.1) is 11.6 Å². The number of halogens is 1. The number of alkyl halides is 1. The lowest BCUT2D eigenvalue weighted by Crippen LogP contribution is -2.51. The second-order valence-electron chi connectivity index (χ2n) is 6.21. The molecular weight excluding hydrogens is 296 g/mol. The van der Waals surface area contributed by atoms with Gasteiger partial charge in [-0.2, -0.15) is 17.0 Å². The quantitative estimate of drug-likeness (QED) is 0.730. The molecule has 0 aromatic carbocycles. The van der Waals surface area contributed by atoms with Gasteiger partial charge >= 0.3 is 0 Å². The average Bonchev–Trinajstić information content (AvgIpc) is 2.93. The minimum atomic E-state index is -3.33. The van der Waals surface area contributed by atoms with Crippen LogP contribution < -0.4 is 0 Å². The molecular formula is C14H27ClN2O2S. The summed E-state index contributed by atoms with van der Waals surface area (Å²) >= 11 is 5.97. The van der Waals surface area contributed by atoms with Crippen molar-refractivity contribution in [3.05, 3.63) is 0 Å². The molecule has 2 saturated heterocycles. The zero-order valence-electron chi connectivity index (χ0n) is 12.6. The Morgan fingerprint density at radius 1 is 1.20 bits per heavy atom. The van der Waals surface area contributed by atoms with Gasteiger partial charge in [-0.3, -0.25) is 0 Å². The van der Waals surface area contributed by atoms with Crippen molar-refractivity contribution < 1.29 is 8.42 Å². The van der Waals surface area contributed by atoms with Crippen LogP contribution in [0.15, 0.2) is 0 Å². The van der Waals surface area contributed by atoms with Crippen LogP contribution in [0, 0.1) is 5.41 Å². The van der Waals surface area contributed by atoms with E-state index in [4.69, 9.17) is 11.6 Å². The van der Waals surface area contributed by atoms with Gasteiger partial charge in [-0.05, 0) is 37.5 Å². The van der Waals surface area contributed by atoms with Crippen molar-refractivity contribution in [2.75, 3.05) is 25.5 Å². The van der Waals surface area contributed by atoms with E-state index in [-0.39, 0.29) is 11.5 Å². The Bertz CT molecular complexity index is 423. The molecule has 2 rings (SSSR count). The second kappa shape index (κ2) is 6.51. The largest absolute Gasteiger partial charge is 0.282 e. The molecule has 0 N–H and O–H groups in total. The molecule has 1 atom stereocenters. The van der Waals surface area contributed by atoms with Crippen LogP contribution in [0.3, 0.4) is 0 Å². The second-order valence-corrected chi connectivity index (χ2v) is 8.40. The molecule has 0 aromatic rings. The van der Waals surface area contributed by atoms with E-state index in [0.29, 0.717) is 25.5 Å². The SMILES string of the molecule is CCC1(CC)CCN(S(=O)(=O)N2CCCCC2CCl)C1. The van der Waals surface area contributed by atoms with Gasteiger partial charge in [-0.25, -0.2) is 0 Å². The van der Waals surface area contributed by atoms with E-state index in [0.717, 1.165) is 38.5 Å². The van der Waals surface area contributed by atoms with Gasteiger partial charge in [0.05, 0.1) is 0 Å². The zero-order valence-corrected chi connectivity index (χ0v) is 14.2. The summed E-state index contributed by atoms with van der Waals surface area (Å²) in [6.07, 6.45) is 6.01. The van der Waals surface area contributed by atoms with Crippen LogP contribution in [0.4, 0.5) is 0 Å². The van der Waals surface area contributed by atoms with E-state index < -0.39 is 10.2 Å². The molecule has 1 unspecified atom stereocenters. The first-order chi connectivity index (χ1) is 9.49. The monoisotopic (exact) mass is 322 g/mol. The number of piperidine rings is 1. The summed E-state index contributed by atoms with van der Waals surface area (Å²) in [6, 6.07) is -0.0198. The molecule has 0 saturated carbocycles. The molecule has 6 heteroatoms. The Labute approximate surface area is 128 Å². The Balaban J connectivity index is 2.14. The van der Waals surface area contributed by atoms with E-state index >= 15 is 0 Å². The smallest absolute Gasteiger partial charge is 0.195 e. The van der Waals surface area contributed by atoms with Gasteiger partial charge in [0.1, 0.15) is 0 Å². The van der Waals surface area contributed by atoms with Crippen LogP contribution in [0.5, 0.6) is 0 Å². The number of hydrogen-bond acceptors (Lipinski definition) is 2. The molecule has 0 radical (unpaired) electrons. The van der Waals surface area contributed by atoms with Crippen molar-refractivity contribution in [2.45, 2.75) is 58.4 Å². The summed E-state index contributed by atoms with van der Waals surface area (Å²) < 4.78 is 29.1. The first kappa shape index (κ1) is 16.5. The molecule has 0 spiro atoms. The van der Waals surface area contributed by atoms with E-state index in [1.165, 1.54) is 0 Å². The standard InChI is InChI=1S/C14H27ClN2O2S/c1-3-14(4-2)8-10-16(12-14)20(18,19)17-9-6-5-7-13(17)11-15/h13H,3-12H2,1-2H3. The molecule has 4 nitrogen and oxygen atoms in total. The van der Waals surface area contributed by atoms with Crippen molar-refractivity contribution >= 4 is 21.8 Å². The third-order valence-corrected chi connectivity index (χ3v) is 7.67. The highest BCUT2D eigenvalue weighted by Crippen LogP contribution is 2.39. The predicted octanol–water partition coefficient (Wildman–Crippen LogP) is 2.84. The molecule has 0 bridgehead atoms. The lowest BCUT2D eigenvalue weighted by Gasteiger charge is -2.36. The first-order valence-corrected chi connectivity index (χ1v) is 9.75. The van der Waals surface area contributed by atoms with E-state index in [2.05, 4.69) is 13.8 Å². The number of nitrogens with zero attached hydrogens (tertiary/aromatic N) is 2. The van der Waals surface area contributed by atoms with Crippen LogP contribution in [0.2, 0.25) is 0 Å². The Morgan fingerprint density at radius 3 is 2.45 bits per heavy atom. The molecule has 0 aromatic heterocycles. The highest BCUT2D eigenvalue weighted by Gasteiger charge is 2.44. The van der Waals surface area contributed by atoms with Crippen LogP contribution >= 0.6 is 11.6 Å². The van der Waals surface area contributed by atoms with E-state index in [9.17, 15) is 8.42 Å². The van der Waals surface area contributed by atoms with Gasteiger partial charge in [0, 0.05) is 31.6 Å². The van der Waals surface area contributed by atoms with Crippen molar-refractivity contribution in [1.29, 1.82) is 0 Å². The summed E-state index contributed by atoms with van der Waals surface area (Å²) in [6.45, 7) is 6.30. The van der Waals surface area contributed by atoms with Crippen LogP contribution in [-0.4, -0.2) is 48.6 Å². The molecule has 0 aliphatic carbocycles. The molecule has 20 heavy (non-hydrogen) atoms. The molecule has 2 aliphatic rings. The minimum Gasteiger partial charge on any atom is -0.195 e. The number of rotatable bonds is 5. The van der Waals surface area contributed by atoms with Gasteiger partial charge in [0.25, 0.3) is 10.2 Å². The maximum Gasteiger partial charge on any atom is 0.282 e. The molecule has 118 valence electrons. The van der Waals surface area contributed by atoms with Crippen molar-refractivity contribution in [3.63, 3.8) is 0 Å². The molecule has 0 amide bonds. The summed E-state index contributed by atoms with van der Waals surface area (Å²) in [5, 5.41) is 0. The molecule has 2 aliphatic heterocycles. The van der Waals surface area contributed by atoms with Crippen LogP contribution in [0.25, 0.3) is 0 Å². The summed E-state index contributed by atoms with van der Waals surface area (Å²) in [7, 11) is -3.33. The summed E-state index contributed by atoms with van der Waals surface area (Å²) in [5.74, 6) is 0.403. The van der Waals surface area contributed by atoms with Crippen molar-refractivity contribution in [3.8, 4) is 0 Å². The summed E-state index contributed by atoms with van der Waals surface area (Å²) in [4.78, 5) is 0. The van der Waals surface area contributed by atoms with Gasteiger partial charge in [0.15, 0.2) is 0 Å². The van der Waals surface area contributed by atoms with E-state index in [1.807, 2.05) is 0 Å². The highest BCUT2D eigenvalue weighted by atomic mass is 35.5. The Morgan fingerprint density at radius 2 is 1.90 bits per heavy atom. The van der Waals surface area contributed by atoms with Crippen molar-refractivity contribution in [2.24, 2.45) is 5.41 Å². The van der Waals surface area contributed by atoms with E-state index in [1.54, 1.807) is 8.61 Å². The fraction of sp³-hybridized carbons (Fsp3) is 1.00. The van der Waals surface area contributed by atoms with Gasteiger partial charge in [0.2, 0.25) is 0 Å². The minimum absolute atomic E-state index is 0.0198. The van der Waals surface area contributed by atoms with Gasteiger partial charge < -0.3 is 0 Å². The zero-order chi connectivity index (χ0) is 14.8. The summed E-state index contributed by atoms with van der Waals surface area (Å²) in [5.41, 5.74) is 0.180. The van der Waals surface area contributed by atoms with Crippen LogP contribution in [0.1, 0.15) is 52.4 Å². The predicted molar refractivity (Wildman–Crippen MR) is 83.2 cm³/mol. The normalized spacial score (nSPS) is 28.9. The topological polar surface area (TPSA) is 40.6 Å². The van der Waals surface area contributed by atoms with Crippen LogP contribution in [-0.2, 0) is 10.2 Å². The fourth-order valence-corrected chi connectivity index (χ4v) is 5.87. The Hall–Kier alpha value is 0.160. The average molecular weight is 323 g/mol. The number of hydrogen-bond donors (Lipinski definition) is 0.